The maximum Gasteiger partial charge on any atom is 0.133 e. The van der Waals surface area contributed by atoms with Crippen molar-refractivity contribution in [2.75, 3.05) is 20.8 Å². The van der Waals surface area contributed by atoms with Crippen molar-refractivity contribution in [2.45, 2.75) is 70.8 Å². The van der Waals surface area contributed by atoms with E-state index in [0.717, 1.165) is 43.6 Å². The number of rotatable bonds is 3. The second-order valence-corrected chi connectivity index (χ2v) is 9.41. The van der Waals surface area contributed by atoms with Crippen molar-refractivity contribution < 1.29 is 14.3 Å². The molecule has 4 saturated carbocycles. The first kappa shape index (κ1) is 17.0. The van der Waals surface area contributed by atoms with E-state index in [-0.39, 0.29) is 5.41 Å². The van der Waals surface area contributed by atoms with E-state index >= 15 is 0 Å². The molecule has 2 unspecified atom stereocenters. The molecule has 0 aromatic rings. The highest BCUT2D eigenvalue weighted by molar-refractivity contribution is 5.79. The van der Waals surface area contributed by atoms with Crippen LogP contribution in [0.2, 0.25) is 0 Å². The molecule has 0 N–H and O–H groups in total. The molecule has 0 aliphatic heterocycles. The number of fused-ring (bicyclic) bond motifs is 5. The molecule has 24 heavy (non-hydrogen) atoms. The molecule has 0 aromatic carbocycles. The number of methoxy groups -OCH3 is 2. The normalized spacial score (nSPS) is 51.0. The van der Waals surface area contributed by atoms with Crippen LogP contribution in [0, 0.1) is 34.5 Å². The zero-order chi connectivity index (χ0) is 16.9. The van der Waals surface area contributed by atoms with Gasteiger partial charge in [0.1, 0.15) is 5.78 Å². The molecule has 0 spiro atoms. The van der Waals surface area contributed by atoms with Crippen LogP contribution in [0.25, 0.3) is 0 Å². The average molecular weight is 335 g/mol. The Bertz CT molecular complexity index is 503. The molecule has 4 rings (SSSR count). The van der Waals surface area contributed by atoms with Crippen LogP contribution in [0.3, 0.4) is 0 Å². The van der Waals surface area contributed by atoms with Gasteiger partial charge in [-0.05, 0) is 74.0 Å². The Balaban J connectivity index is 1.65. The summed E-state index contributed by atoms with van der Waals surface area (Å²) >= 11 is 0. The fourth-order valence-electron chi connectivity index (χ4n) is 7.74. The molecule has 0 heterocycles. The highest BCUT2D eigenvalue weighted by Crippen LogP contribution is 2.66. The molecule has 7 atom stereocenters. The number of ether oxygens (including phenoxy) is 2. The van der Waals surface area contributed by atoms with Gasteiger partial charge in [-0.1, -0.05) is 6.92 Å². The van der Waals surface area contributed by atoms with Crippen LogP contribution in [0.1, 0.15) is 64.7 Å². The second-order valence-electron chi connectivity index (χ2n) is 9.41. The third-order valence-corrected chi connectivity index (χ3v) is 8.79. The third kappa shape index (κ3) is 2.26. The van der Waals surface area contributed by atoms with Crippen LogP contribution in [0.4, 0.5) is 0 Å². The Kier molecular flexibility index (Phi) is 4.32. The highest BCUT2D eigenvalue weighted by atomic mass is 16.5. The smallest absolute Gasteiger partial charge is 0.133 e. The summed E-state index contributed by atoms with van der Waals surface area (Å²) in [6.07, 6.45) is 10.9. The fraction of sp³-hybridized carbons (Fsp3) is 0.952. The number of hydrogen-bond donors (Lipinski definition) is 0. The summed E-state index contributed by atoms with van der Waals surface area (Å²) in [6, 6.07) is 0. The molecule has 0 aromatic heterocycles. The molecule has 4 aliphatic carbocycles. The number of hydrogen-bond acceptors (Lipinski definition) is 3. The van der Waals surface area contributed by atoms with Gasteiger partial charge in [0.25, 0.3) is 0 Å². The van der Waals surface area contributed by atoms with Crippen molar-refractivity contribution in [3.8, 4) is 0 Å². The van der Waals surface area contributed by atoms with Gasteiger partial charge in [0.05, 0.1) is 12.7 Å². The van der Waals surface area contributed by atoms with Crippen LogP contribution >= 0.6 is 0 Å². The van der Waals surface area contributed by atoms with Crippen LogP contribution < -0.4 is 0 Å². The van der Waals surface area contributed by atoms with E-state index in [9.17, 15) is 4.79 Å². The maximum absolute atomic E-state index is 12.1. The largest absolute Gasteiger partial charge is 0.384 e. The number of Topliss-reactive ketones (excluding diaryl/α,β-unsaturated/α-hetero) is 1. The minimum Gasteiger partial charge on any atom is -0.384 e. The standard InChI is InChI=1S/C21H34O3/c1-20-10-9-18-16(17(20)6-7-19(20)24-3)5-4-14-12-15(22)8-11-21(14,18)13-23-2/h14,16-19H,4-13H2,1-3H3/t14?,16-,17-,18+,19?,20-,21+/m0/s1. The topological polar surface area (TPSA) is 35.5 Å². The van der Waals surface area contributed by atoms with Gasteiger partial charge >= 0.3 is 0 Å². The molecule has 136 valence electrons. The zero-order valence-electron chi connectivity index (χ0n) is 15.7. The summed E-state index contributed by atoms with van der Waals surface area (Å²) in [4.78, 5) is 12.1. The number of ketones is 1. The van der Waals surface area contributed by atoms with Gasteiger partial charge in [-0.25, -0.2) is 0 Å². The predicted octanol–water partition coefficient (Wildman–Crippen LogP) is 4.24. The quantitative estimate of drug-likeness (QED) is 0.774. The Morgan fingerprint density at radius 3 is 2.62 bits per heavy atom. The minimum absolute atomic E-state index is 0.276. The van der Waals surface area contributed by atoms with Crippen LogP contribution in [-0.4, -0.2) is 32.7 Å². The second kappa shape index (κ2) is 6.09. The molecule has 4 aliphatic rings. The first-order chi connectivity index (χ1) is 11.5. The van der Waals surface area contributed by atoms with E-state index in [0.29, 0.717) is 23.2 Å². The first-order valence-corrected chi connectivity index (χ1v) is 10.1. The van der Waals surface area contributed by atoms with Crippen molar-refractivity contribution in [1.82, 2.24) is 0 Å². The Hall–Kier alpha value is -0.410. The summed E-state index contributed by atoms with van der Waals surface area (Å²) in [5.74, 6) is 3.46. The van der Waals surface area contributed by atoms with Gasteiger partial charge in [-0.3, -0.25) is 4.79 Å². The number of carbonyl (C=O) groups excluding carboxylic acids is 1. The molecule has 0 bridgehead atoms. The Morgan fingerprint density at radius 2 is 1.88 bits per heavy atom. The SMILES string of the molecule is COC[C@]12CCC(=O)CC1CC[C@@H]1[C@H]2CC[C@]2(C)C(OC)CC[C@@H]12. The maximum atomic E-state index is 12.1. The van der Waals surface area contributed by atoms with E-state index in [1.807, 2.05) is 14.2 Å². The molecule has 4 fully saturated rings. The Morgan fingerprint density at radius 1 is 1.04 bits per heavy atom. The van der Waals surface area contributed by atoms with E-state index in [1.165, 1.54) is 38.5 Å². The molecule has 3 nitrogen and oxygen atoms in total. The summed E-state index contributed by atoms with van der Waals surface area (Å²) in [5.41, 5.74) is 0.652. The molecule has 0 amide bonds. The summed E-state index contributed by atoms with van der Waals surface area (Å²) < 4.78 is 11.7. The van der Waals surface area contributed by atoms with Gasteiger partial charge in [0, 0.05) is 32.5 Å². The average Bonchev–Trinajstić information content (AvgIpc) is 2.92. The molecule has 3 heteroatoms. The summed E-state index contributed by atoms with van der Waals surface area (Å²) in [5, 5.41) is 0. The number of carbonyl (C=O) groups is 1. The monoisotopic (exact) mass is 334 g/mol. The molecule has 0 saturated heterocycles. The van der Waals surface area contributed by atoms with E-state index < -0.39 is 0 Å². The van der Waals surface area contributed by atoms with Gasteiger partial charge < -0.3 is 9.47 Å². The third-order valence-electron chi connectivity index (χ3n) is 8.79. The molecule has 0 radical (unpaired) electrons. The lowest BCUT2D eigenvalue weighted by atomic mass is 9.45. The zero-order valence-corrected chi connectivity index (χ0v) is 15.7. The molecular weight excluding hydrogens is 300 g/mol. The van der Waals surface area contributed by atoms with Crippen molar-refractivity contribution in [2.24, 2.45) is 34.5 Å². The van der Waals surface area contributed by atoms with Crippen molar-refractivity contribution in [1.29, 1.82) is 0 Å². The van der Waals surface area contributed by atoms with Crippen LogP contribution in [0.5, 0.6) is 0 Å². The minimum atomic E-state index is 0.276. The highest BCUT2D eigenvalue weighted by Gasteiger charge is 2.61. The Labute approximate surface area is 146 Å². The fourth-order valence-corrected chi connectivity index (χ4v) is 7.74. The van der Waals surface area contributed by atoms with Crippen molar-refractivity contribution in [3.05, 3.63) is 0 Å². The van der Waals surface area contributed by atoms with Crippen LogP contribution in [0.15, 0.2) is 0 Å². The van der Waals surface area contributed by atoms with E-state index in [1.54, 1.807) is 0 Å². The first-order valence-electron chi connectivity index (χ1n) is 10.1. The van der Waals surface area contributed by atoms with Crippen molar-refractivity contribution in [3.63, 3.8) is 0 Å². The lowest BCUT2D eigenvalue weighted by Crippen LogP contribution is -2.57. The van der Waals surface area contributed by atoms with E-state index in [4.69, 9.17) is 9.47 Å². The predicted molar refractivity (Wildman–Crippen MR) is 93.7 cm³/mol. The van der Waals surface area contributed by atoms with Crippen LogP contribution in [-0.2, 0) is 14.3 Å². The van der Waals surface area contributed by atoms with E-state index in [2.05, 4.69) is 6.92 Å². The van der Waals surface area contributed by atoms with Crippen molar-refractivity contribution >= 4 is 5.78 Å². The molecular formula is C21H34O3. The summed E-state index contributed by atoms with van der Waals surface area (Å²) in [7, 11) is 3.76. The van der Waals surface area contributed by atoms with Gasteiger partial charge in [-0.2, -0.15) is 0 Å². The van der Waals surface area contributed by atoms with Gasteiger partial charge in [0.15, 0.2) is 0 Å². The van der Waals surface area contributed by atoms with Gasteiger partial charge in [0.2, 0.25) is 0 Å². The summed E-state index contributed by atoms with van der Waals surface area (Å²) in [6.45, 7) is 3.36. The lowest BCUT2D eigenvalue weighted by molar-refractivity contribution is -0.160. The lowest BCUT2D eigenvalue weighted by Gasteiger charge is -2.60. The van der Waals surface area contributed by atoms with Gasteiger partial charge in [-0.15, -0.1) is 0 Å².